The first-order chi connectivity index (χ1) is 10.2. The first-order valence-corrected chi connectivity index (χ1v) is 8.08. The van der Waals surface area contributed by atoms with E-state index in [1.54, 1.807) is 0 Å². The van der Waals surface area contributed by atoms with Gasteiger partial charge in [0.2, 0.25) is 0 Å². The highest BCUT2D eigenvalue weighted by Gasteiger charge is 2.24. The summed E-state index contributed by atoms with van der Waals surface area (Å²) in [6.07, 6.45) is 4.34. The summed E-state index contributed by atoms with van der Waals surface area (Å²) in [6.45, 7) is 5.42. The van der Waals surface area contributed by atoms with Gasteiger partial charge in [-0.25, -0.2) is 4.39 Å². The van der Waals surface area contributed by atoms with Gasteiger partial charge in [-0.15, -0.1) is 0 Å². The zero-order valence-electron chi connectivity index (χ0n) is 12.9. The third-order valence-electron chi connectivity index (χ3n) is 4.33. The Morgan fingerprint density at radius 3 is 2.81 bits per heavy atom. The normalized spacial score (nSPS) is 20.8. The zero-order chi connectivity index (χ0) is 15.1. The summed E-state index contributed by atoms with van der Waals surface area (Å²) >= 11 is 0. The van der Waals surface area contributed by atoms with Crippen molar-refractivity contribution in [3.8, 4) is 0 Å². The number of aliphatic hydroxyl groups is 1. The molecule has 0 spiro atoms. The minimum absolute atomic E-state index is 0.187. The average molecular weight is 294 g/mol. The summed E-state index contributed by atoms with van der Waals surface area (Å²) in [5.74, 6) is -0.187. The van der Waals surface area contributed by atoms with Crippen LogP contribution >= 0.6 is 0 Å². The van der Waals surface area contributed by atoms with E-state index < -0.39 is 0 Å². The summed E-state index contributed by atoms with van der Waals surface area (Å²) in [7, 11) is 0. The van der Waals surface area contributed by atoms with Gasteiger partial charge in [-0.2, -0.15) is 0 Å². The van der Waals surface area contributed by atoms with Crippen LogP contribution in [-0.2, 0) is 0 Å². The molecule has 2 unspecified atom stereocenters. The molecular weight excluding hydrogens is 267 g/mol. The van der Waals surface area contributed by atoms with E-state index in [0.717, 1.165) is 44.5 Å². The molecule has 21 heavy (non-hydrogen) atoms. The van der Waals surface area contributed by atoms with Crippen molar-refractivity contribution in [3.05, 3.63) is 35.6 Å². The summed E-state index contributed by atoms with van der Waals surface area (Å²) in [6, 6.07) is 7.38. The molecule has 0 amide bonds. The summed E-state index contributed by atoms with van der Waals surface area (Å²) < 4.78 is 13.1. The molecule has 2 N–H and O–H groups in total. The fraction of sp³-hybridized carbons (Fsp3) is 0.647. The highest BCUT2D eigenvalue weighted by molar-refractivity contribution is 5.20. The molecule has 1 aromatic rings. The highest BCUT2D eigenvalue weighted by atomic mass is 19.1. The Morgan fingerprint density at radius 2 is 2.14 bits per heavy atom. The number of hydrogen-bond donors (Lipinski definition) is 2. The predicted octanol–water partition coefficient (Wildman–Crippen LogP) is 2.71. The molecule has 1 heterocycles. The monoisotopic (exact) mass is 294 g/mol. The van der Waals surface area contributed by atoms with Gasteiger partial charge in [-0.1, -0.05) is 19.1 Å². The van der Waals surface area contributed by atoms with Crippen molar-refractivity contribution in [1.82, 2.24) is 10.2 Å². The second-order valence-electron chi connectivity index (χ2n) is 5.86. The number of hydrogen-bond acceptors (Lipinski definition) is 3. The standard InChI is InChI=1S/C17H27FN2O/c1-2-10-19-17(14-5-7-15(18)8-6-14)9-12-20-11-3-4-16(20)13-21/h5-8,16-17,19,21H,2-4,9-13H2,1H3. The molecule has 3 nitrogen and oxygen atoms in total. The van der Waals surface area contributed by atoms with Gasteiger partial charge >= 0.3 is 0 Å². The predicted molar refractivity (Wildman–Crippen MR) is 83.7 cm³/mol. The van der Waals surface area contributed by atoms with Gasteiger partial charge in [0.1, 0.15) is 5.82 Å². The lowest BCUT2D eigenvalue weighted by Gasteiger charge is -2.26. The number of benzene rings is 1. The Hall–Kier alpha value is -0.970. The lowest BCUT2D eigenvalue weighted by atomic mass is 10.0. The third-order valence-corrected chi connectivity index (χ3v) is 4.33. The quantitative estimate of drug-likeness (QED) is 0.774. The molecule has 1 fully saturated rings. The minimum atomic E-state index is -0.187. The van der Waals surface area contributed by atoms with Gasteiger partial charge in [0, 0.05) is 18.6 Å². The van der Waals surface area contributed by atoms with Crippen LogP contribution in [0.3, 0.4) is 0 Å². The number of rotatable bonds is 8. The van der Waals surface area contributed by atoms with Gasteiger partial charge in [0.15, 0.2) is 0 Å². The number of nitrogens with zero attached hydrogens (tertiary/aromatic N) is 1. The molecule has 0 aliphatic carbocycles. The third kappa shape index (κ3) is 4.77. The van der Waals surface area contributed by atoms with Crippen LogP contribution in [0.5, 0.6) is 0 Å². The summed E-state index contributed by atoms with van der Waals surface area (Å²) in [5.41, 5.74) is 1.14. The minimum Gasteiger partial charge on any atom is -0.395 e. The Balaban J connectivity index is 1.94. The molecule has 1 aromatic carbocycles. The molecule has 0 bridgehead atoms. The van der Waals surface area contributed by atoms with E-state index in [0.29, 0.717) is 6.04 Å². The van der Waals surface area contributed by atoms with Crippen LogP contribution in [0.1, 0.15) is 44.2 Å². The van der Waals surface area contributed by atoms with Crippen molar-refractivity contribution < 1.29 is 9.50 Å². The molecule has 0 aromatic heterocycles. The first kappa shape index (κ1) is 16.4. The van der Waals surface area contributed by atoms with Gasteiger partial charge in [-0.3, -0.25) is 4.90 Å². The second-order valence-corrected chi connectivity index (χ2v) is 5.86. The van der Waals surface area contributed by atoms with E-state index in [1.165, 1.54) is 18.6 Å². The van der Waals surface area contributed by atoms with Gasteiger partial charge < -0.3 is 10.4 Å². The topological polar surface area (TPSA) is 35.5 Å². The van der Waals surface area contributed by atoms with Crippen molar-refractivity contribution in [2.75, 3.05) is 26.2 Å². The maximum absolute atomic E-state index is 13.1. The first-order valence-electron chi connectivity index (χ1n) is 8.08. The SMILES string of the molecule is CCCNC(CCN1CCCC1CO)c1ccc(F)cc1. The van der Waals surface area contributed by atoms with Crippen molar-refractivity contribution in [3.63, 3.8) is 0 Å². The smallest absolute Gasteiger partial charge is 0.123 e. The van der Waals surface area contributed by atoms with Crippen LogP contribution in [-0.4, -0.2) is 42.3 Å². The van der Waals surface area contributed by atoms with Crippen molar-refractivity contribution >= 4 is 0 Å². The highest BCUT2D eigenvalue weighted by Crippen LogP contribution is 2.22. The lowest BCUT2D eigenvalue weighted by molar-refractivity contribution is 0.154. The van der Waals surface area contributed by atoms with Crippen molar-refractivity contribution in [1.29, 1.82) is 0 Å². The number of aliphatic hydroxyl groups excluding tert-OH is 1. The van der Waals surface area contributed by atoms with E-state index >= 15 is 0 Å². The van der Waals surface area contributed by atoms with Crippen molar-refractivity contribution in [2.45, 2.75) is 44.7 Å². The largest absolute Gasteiger partial charge is 0.395 e. The molecule has 0 radical (unpaired) electrons. The summed E-state index contributed by atoms with van der Waals surface area (Å²) in [4.78, 5) is 2.38. The second kappa shape index (κ2) is 8.47. The van der Waals surface area contributed by atoms with E-state index in [9.17, 15) is 9.50 Å². The Labute approximate surface area is 127 Å². The molecular formula is C17H27FN2O. The van der Waals surface area contributed by atoms with Crippen molar-refractivity contribution in [2.24, 2.45) is 0 Å². The Morgan fingerprint density at radius 1 is 1.38 bits per heavy atom. The summed E-state index contributed by atoms with van der Waals surface area (Å²) in [5, 5.41) is 12.9. The van der Waals surface area contributed by atoms with E-state index in [1.807, 2.05) is 12.1 Å². The number of nitrogens with one attached hydrogen (secondary N) is 1. The molecule has 118 valence electrons. The average Bonchev–Trinajstić information content (AvgIpc) is 2.96. The van der Waals surface area contributed by atoms with Gasteiger partial charge in [0.05, 0.1) is 6.61 Å². The Kier molecular flexibility index (Phi) is 6.61. The molecule has 4 heteroatoms. The van der Waals surface area contributed by atoms with Crippen LogP contribution in [0.4, 0.5) is 4.39 Å². The van der Waals surface area contributed by atoms with Gasteiger partial charge in [-0.05, 0) is 56.5 Å². The molecule has 1 saturated heterocycles. The van der Waals surface area contributed by atoms with E-state index in [4.69, 9.17) is 0 Å². The van der Waals surface area contributed by atoms with Crippen LogP contribution in [0, 0.1) is 5.82 Å². The van der Waals surface area contributed by atoms with Crippen LogP contribution in [0.15, 0.2) is 24.3 Å². The molecule has 2 rings (SSSR count). The van der Waals surface area contributed by atoms with Gasteiger partial charge in [0.25, 0.3) is 0 Å². The maximum atomic E-state index is 13.1. The Bertz CT molecular complexity index is 410. The van der Waals surface area contributed by atoms with E-state index in [2.05, 4.69) is 17.1 Å². The fourth-order valence-corrected chi connectivity index (χ4v) is 3.09. The fourth-order valence-electron chi connectivity index (χ4n) is 3.09. The van der Waals surface area contributed by atoms with Crippen LogP contribution in [0.25, 0.3) is 0 Å². The maximum Gasteiger partial charge on any atom is 0.123 e. The van der Waals surface area contributed by atoms with Crippen LogP contribution < -0.4 is 5.32 Å². The molecule has 2 atom stereocenters. The lowest BCUT2D eigenvalue weighted by Crippen LogP contribution is -2.35. The van der Waals surface area contributed by atoms with Crippen LogP contribution in [0.2, 0.25) is 0 Å². The number of likely N-dealkylation sites (tertiary alicyclic amines) is 1. The number of halogens is 1. The van der Waals surface area contributed by atoms with E-state index in [-0.39, 0.29) is 18.5 Å². The molecule has 1 aliphatic heterocycles. The zero-order valence-corrected chi connectivity index (χ0v) is 12.9. The molecule has 0 saturated carbocycles. The molecule has 1 aliphatic rings.